The summed E-state index contributed by atoms with van der Waals surface area (Å²) < 4.78 is 0. The Labute approximate surface area is 120 Å². The van der Waals surface area contributed by atoms with Gasteiger partial charge in [-0.2, -0.15) is 0 Å². The molecule has 1 amide bonds. The van der Waals surface area contributed by atoms with Gasteiger partial charge in [-0.3, -0.25) is 4.79 Å². The summed E-state index contributed by atoms with van der Waals surface area (Å²) in [4.78, 5) is 12.7. The second-order valence-electron chi connectivity index (χ2n) is 4.30. The number of nitrogens with two attached hydrogens (primary N) is 1. The van der Waals surface area contributed by atoms with Gasteiger partial charge in [0, 0.05) is 12.1 Å². The number of amidine groups is 1. The van der Waals surface area contributed by atoms with E-state index in [0.717, 1.165) is 16.0 Å². The van der Waals surface area contributed by atoms with Crippen LogP contribution < -0.4 is 11.1 Å². The minimum Gasteiger partial charge on any atom is -0.409 e. The summed E-state index contributed by atoms with van der Waals surface area (Å²) in [6.45, 7) is 2.30. The topological polar surface area (TPSA) is 87.7 Å². The number of hydrogen-bond acceptors (Lipinski definition) is 4. The number of oxime groups is 1. The van der Waals surface area contributed by atoms with Crippen molar-refractivity contribution in [1.82, 2.24) is 5.32 Å². The molecule has 0 aliphatic carbocycles. The van der Waals surface area contributed by atoms with Crippen molar-refractivity contribution in [3.05, 3.63) is 57.3 Å². The quantitative estimate of drug-likeness (QED) is 0.348. The van der Waals surface area contributed by atoms with E-state index < -0.39 is 0 Å². The molecule has 0 aliphatic rings. The highest BCUT2D eigenvalue weighted by Crippen LogP contribution is 2.15. The maximum Gasteiger partial charge on any atom is 0.261 e. The lowest BCUT2D eigenvalue weighted by Gasteiger charge is -2.06. The summed E-state index contributed by atoms with van der Waals surface area (Å²) in [5.74, 6) is -0.0426. The molecule has 0 unspecified atom stereocenters. The fourth-order valence-electron chi connectivity index (χ4n) is 1.77. The van der Waals surface area contributed by atoms with Gasteiger partial charge >= 0.3 is 0 Å². The van der Waals surface area contributed by atoms with Crippen molar-refractivity contribution in [3.63, 3.8) is 0 Å². The van der Waals surface area contributed by atoms with Crippen molar-refractivity contribution in [3.8, 4) is 0 Å². The van der Waals surface area contributed by atoms with Crippen LogP contribution in [0.4, 0.5) is 0 Å². The van der Waals surface area contributed by atoms with Gasteiger partial charge in [-0.15, -0.1) is 11.3 Å². The highest BCUT2D eigenvalue weighted by Gasteiger charge is 2.10. The van der Waals surface area contributed by atoms with E-state index in [2.05, 4.69) is 10.5 Å². The number of hydrogen-bond donors (Lipinski definition) is 3. The number of amides is 1. The summed E-state index contributed by atoms with van der Waals surface area (Å²) >= 11 is 1.42. The molecule has 1 aromatic carbocycles. The van der Waals surface area contributed by atoms with Crippen LogP contribution in [0.5, 0.6) is 0 Å². The van der Waals surface area contributed by atoms with Gasteiger partial charge in [0.2, 0.25) is 0 Å². The molecule has 0 aliphatic heterocycles. The Morgan fingerprint density at radius 2 is 2.25 bits per heavy atom. The Morgan fingerprint density at radius 1 is 1.45 bits per heavy atom. The molecular weight excluding hydrogens is 274 g/mol. The minimum atomic E-state index is -0.0910. The fraction of sp³-hybridized carbons (Fsp3) is 0.143. The van der Waals surface area contributed by atoms with E-state index in [1.165, 1.54) is 11.3 Å². The summed E-state index contributed by atoms with van der Waals surface area (Å²) in [6, 6.07) is 9.10. The lowest BCUT2D eigenvalue weighted by Crippen LogP contribution is -2.22. The molecule has 2 aromatic rings. The molecule has 0 spiro atoms. The predicted octanol–water partition coefficient (Wildman–Crippen LogP) is 2.08. The molecule has 1 aromatic heterocycles. The van der Waals surface area contributed by atoms with Crippen LogP contribution in [0.1, 0.15) is 26.4 Å². The summed E-state index contributed by atoms with van der Waals surface area (Å²) in [7, 11) is 0. The number of rotatable bonds is 4. The standard InChI is InChI=1S/C14H15N3O2S/c1-9-5-6-20-12(9)14(18)16-8-10-3-2-4-11(7-10)13(15)17-19/h2-7,19H,8H2,1H3,(H2,15,17)(H,16,18). The van der Waals surface area contributed by atoms with Crippen LogP contribution in [0.3, 0.4) is 0 Å². The Balaban J connectivity index is 2.05. The van der Waals surface area contributed by atoms with E-state index in [1.54, 1.807) is 18.2 Å². The van der Waals surface area contributed by atoms with Crippen molar-refractivity contribution in [2.45, 2.75) is 13.5 Å². The second kappa shape index (κ2) is 6.21. The Kier molecular flexibility index (Phi) is 4.37. The first-order valence-electron chi connectivity index (χ1n) is 6.01. The zero-order valence-electron chi connectivity index (χ0n) is 11.0. The lowest BCUT2D eigenvalue weighted by molar-refractivity contribution is 0.0954. The molecule has 0 atom stereocenters. The molecule has 5 nitrogen and oxygen atoms in total. The maximum absolute atomic E-state index is 12.0. The third-order valence-electron chi connectivity index (χ3n) is 2.85. The fourth-order valence-corrected chi connectivity index (χ4v) is 2.61. The van der Waals surface area contributed by atoms with Crippen LogP contribution in [-0.4, -0.2) is 17.0 Å². The molecule has 4 N–H and O–H groups in total. The third kappa shape index (κ3) is 3.16. The molecule has 6 heteroatoms. The molecule has 20 heavy (non-hydrogen) atoms. The predicted molar refractivity (Wildman–Crippen MR) is 79.2 cm³/mol. The van der Waals surface area contributed by atoms with Crippen LogP contribution >= 0.6 is 11.3 Å². The first-order valence-corrected chi connectivity index (χ1v) is 6.89. The first-order chi connectivity index (χ1) is 9.61. The monoisotopic (exact) mass is 289 g/mol. The normalized spacial score (nSPS) is 11.3. The Hall–Kier alpha value is -2.34. The van der Waals surface area contributed by atoms with E-state index in [1.807, 2.05) is 24.4 Å². The largest absolute Gasteiger partial charge is 0.409 e. The smallest absolute Gasteiger partial charge is 0.261 e. The molecule has 104 valence electrons. The number of nitrogens with zero attached hydrogens (tertiary/aromatic N) is 1. The van der Waals surface area contributed by atoms with Gasteiger partial charge in [0.25, 0.3) is 5.91 Å². The van der Waals surface area contributed by atoms with E-state index in [0.29, 0.717) is 12.1 Å². The molecule has 1 heterocycles. The highest BCUT2D eigenvalue weighted by atomic mass is 32.1. The highest BCUT2D eigenvalue weighted by molar-refractivity contribution is 7.12. The number of nitrogens with one attached hydrogen (secondary N) is 1. The van der Waals surface area contributed by atoms with Gasteiger partial charge < -0.3 is 16.3 Å². The van der Waals surface area contributed by atoms with Gasteiger partial charge in [0.1, 0.15) is 0 Å². The summed E-state index contributed by atoms with van der Waals surface area (Å²) in [6.07, 6.45) is 0. The summed E-state index contributed by atoms with van der Waals surface area (Å²) in [5, 5.41) is 16.4. The van der Waals surface area contributed by atoms with Gasteiger partial charge in [0.15, 0.2) is 5.84 Å². The van der Waals surface area contributed by atoms with Crippen LogP contribution in [0.2, 0.25) is 0 Å². The van der Waals surface area contributed by atoms with Gasteiger partial charge in [-0.25, -0.2) is 0 Å². The first kappa shape index (κ1) is 14.1. The Bertz CT molecular complexity index is 649. The van der Waals surface area contributed by atoms with Crippen molar-refractivity contribution in [2.75, 3.05) is 0 Å². The molecule has 0 radical (unpaired) electrons. The zero-order chi connectivity index (χ0) is 14.5. The van der Waals surface area contributed by atoms with Crippen LogP contribution in [0.15, 0.2) is 40.9 Å². The van der Waals surface area contributed by atoms with E-state index >= 15 is 0 Å². The minimum absolute atomic E-state index is 0.0484. The number of benzene rings is 1. The van der Waals surface area contributed by atoms with E-state index in [4.69, 9.17) is 10.9 Å². The number of carbonyl (C=O) groups is 1. The Morgan fingerprint density at radius 3 is 2.90 bits per heavy atom. The number of carbonyl (C=O) groups excluding carboxylic acids is 1. The van der Waals surface area contributed by atoms with Crippen molar-refractivity contribution < 1.29 is 10.0 Å². The average Bonchev–Trinajstić information content (AvgIpc) is 2.90. The molecular formula is C14H15N3O2S. The van der Waals surface area contributed by atoms with Crippen LogP contribution in [0, 0.1) is 6.92 Å². The third-order valence-corrected chi connectivity index (χ3v) is 3.87. The van der Waals surface area contributed by atoms with Gasteiger partial charge in [-0.1, -0.05) is 23.4 Å². The van der Waals surface area contributed by atoms with Crippen LogP contribution in [-0.2, 0) is 6.54 Å². The van der Waals surface area contributed by atoms with Gasteiger partial charge in [0.05, 0.1) is 4.88 Å². The van der Waals surface area contributed by atoms with E-state index in [9.17, 15) is 4.79 Å². The molecule has 0 saturated heterocycles. The van der Waals surface area contributed by atoms with Crippen molar-refractivity contribution in [1.29, 1.82) is 0 Å². The van der Waals surface area contributed by atoms with Crippen molar-refractivity contribution >= 4 is 23.1 Å². The number of aryl methyl sites for hydroxylation is 1. The number of thiophene rings is 1. The average molecular weight is 289 g/mol. The second-order valence-corrected chi connectivity index (χ2v) is 5.22. The lowest BCUT2D eigenvalue weighted by atomic mass is 10.1. The summed E-state index contributed by atoms with van der Waals surface area (Å²) in [5.41, 5.74) is 8.00. The van der Waals surface area contributed by atoms with Gasteiger partial charge in [-0.05, 0) is 35.6 Å². The zero-order valence-corrected chi connectivity index (χ0v) is 11.8. The van der Waals surface area contributed by atoms with Crippen molar-refractivity contribution in [2.24, 2.45) is 10.9 Å². The maximum atomic E-state index is 12.0. The molecule has 0 fully saturated rings. The molecule has 0 bridgehead atoms. The molecule has 2 rings (SSSR count). The SMILES string of the molecule is Cc1ccsc1C(=O)NCc1cccc(C(N)=NO)c1. The van der Waals surface area contributed by atoms with Crippen LogP contribution in [0.25, 0.3) is 0 Å². The molecule has 0 saturated carbocycles. The van der Waals surface area contributed by atoms with E-state index in [-0.39, 0.29) is 11.7 Å².